The Hall–Kier alpha value is -2.38. The fourth-order valence-electron chi connectivity index (χ4n) is 2.69. The van der Waals surface area contributed by atoms with Gasteiger partial charge in [0.1, 0.15) is 11.5 Å². The van der Waals surface area contributed by atoms with E-state index in [1.54, 1.807) is 20.8 Å². The smallest absolute Gasteiger partial charge is 0.355 e. The predicted octanol–water partition coefficient (Wildman–Crippen LogP) is 3.66. The molecule has 0 aliphatic carbocycles. The number of carbonyl (C=O) groups excluding carboxylic acids is 2. The van der Waals surface area contributed by atoms with Gasteiger partial charge in [0.15, 0.2) is 6.10 Å². The van der Waals surface area contributed by atoms with E-state index in [1.165, 1.54) is 13.0 Å². The number of hydrogen-bond donors (Lipinski definition) is 3. The van der Waals surface area contributed by atoms with Crippen LogP contribution in [0.4, 0.5) is 10.1 Å². The number of benzene rings is 1. The first kappa shape index (κ1) is 19.9. The lowest BCUT2D eigenvalue weighted by atomic mass is 10.1. The summed E-state index contributed by atoms with van der Waals surface area (Å²) in [5, 5.41) is 12.3. The summed E-state index contributed by atoms with van der Waals surface area (Å²) in [4.78, 5) is 27.4. The van der Waals surface area contributed by atoms with E-state index in [2.05, 4.69) is 10.3 Å². The first-order valence-corrected chi connectivity index (χ1v) is 8.33. The molecule has 1 heterocycles. The van der Waals surface area contributed by atoms with E-state index in [4.69, 9.17) is 16.3 Å². The van der Waals surface area contributed by atoms with Gasteiger partial charge in [-0.1, -0.05) is 11.6 Å². The summed E-state index contributed by atoms with van der Waals surface area (Å²) >= 11 is 5.86. The topological polar surface area (TPSA) is 91.4 Å². The van der Waals surface area contributed by atoms with Crippen LogP contribution in [0.1, 0.15) is 47.3 Å². The van der Waals surface area contributed by atoms with Crippen molar-refractivity contribution < 1.29 is 23.8 Å². The van der Waals surface area contributed by atoms with Gasteiger partial charge in [-0.3, -0.25) is 4.79 Å². The van der Waals surface area contributed by atoms with Crippen LogP contribution in [-0.2, 0) is 9.53 Å². The van der Waals surface area contributed by atoms with Crippen LogP contribution in [0.3, 0.4) is 0 Å². The highest BCUT2D eigenvalue weighted by Crippen LogP contribution is 2.25. The largest absolute Gasteiger partial charge is 0.448 e. The Morgan fingerprint density at radius 2 is 1.96 bits per heavy atom. The lowest BCUT2D eigenvalue weighted by molar-refractivity contribution is -0.123. The molecule has 8 heteroatoms. The van der Waals surface area contributed by atoms with Gasteiger partial charge >= 0.3 is 5.97 Å². The molecule has 26 heavy (non-hydrogen) atoms. The number of halogens is 2. The Kier molecular flexibility index (Phi) is 6.05. The second-order valence-corrected chi connectivity index (χ2v) is 6.41. The highest BCUT2D eigenvalue weighted by molar-refractivity contribution is 6.33. The van der Waals surface area contributed by atoms with Crippen LogP contribution in [0.15, 0.2) is 18.2 Å². The van der Waals surface area contributed by atoms with Crippen LogP contribution in [0.5, 0.6) is 0 Å². The van der Waals surface area contributed by atoms with Crippen molar-refractivity contribution in [1.29, 1.82) is 0 Å². The summed E-state index contributed by atoms with van der Waals surface area (Å²) in [5.74, 6) is -1.85. The zero-order valence-electron chi connectivity index (χ0n) is 14.8. The average Bonchev–Trinajstić information content (AvgIpc) is 2.84. The third kappa shape index (κ3) is 4.23. The third-order valence-corrected chi connectivity index (χ3v) is 4.27. The molecule has 0 aliphatic heterocycles. The Balaban J connectivity index is 2.09. The van der Waals surface area contributed by atoms with Crippen molar-refractivity contribution in [2.24, 2.45) is 0 Å². The van der Waals surface area contributed by atoms with Gasteiger partial charge in [-0.25, -0.2) is 9.18 Å². The lowest BCUT2D eigenvalue weighted by Gasteiger charge is -2.14. The number of aryl methyl sites for hydroxylation is 1. The quantitative estimate of drug-likeness (QED) is 0.688. The molecule has 0 saturated heterocycles. The molecule has 140 valence electrons. The van der Waals surface area contributed by atoms with Crippen molar-refractivity contribution in [2.45, 2.75) is 39.9 Å². The molecule has 3 N–H and O–H groups in total. The van der Waals surface area contributed by atoms with Gasteiger partial charge < -0.3 is 20.1 Å². The SMILES string of the molecule is Cc1[nH]c(C(=O)O[C@H](C)C(=O)Nc2ccc(F)cc2Cl)c(C)c1[C@@H](C)O. The second kappa shape index (κ2) is 7.88. The number of ether oxygens (including phenoxy) is 1. The summed E-state index contributed by atoms with van der Waals surface area (Å²) in [6.45, 7) is 6.43. The number of nitrogens with one attached hydrogen (secondary N) is 2. The van der Waals surface area contributed by atoms with Crippen molar-refractivity contribution in [3.05, 3.63) is 51.6 Å². The normalized spacial score (nSPS) is 13.2. The molecular weight excluding hydrogens is 363 g/mol. The molecule has 2 aromatic rings. The number of aliphatic hydroxyl groups is 1. The summed E-state index contributed by atoms with van der Waals surface area (Å²) < 4.78 is 18.2. The van der Waals surface area contributed by atoms with E-state index in [9.17, 15) is 19.1 Å². The van der Waals surface area contributed by atoms with Crippen molar-refractivity contribution in [1.82, 2.24) is 4.98 Å². The van der Waals surface area contributed by atoms with Crippen LogP contribution in [0.25, 0.3) is 0 Å². The van der Waals surface area contributed by atoms with Gasteiger partial charge in [0.25, 0.3) is 5.91 Å². The number of hydrogen-bond acceptors (Lipinski definition) is 4. The zero-order chi connectivity index (χ0) is 19.6. The molecule has 0 saturated carbocycles. The molecule has 0 radical (unpaired) electrons. The van der Waals surface area contributed by atoms with Crippen LogP contribution >= 0.6 is 11.6 Å². The van der Waals surface area contributed by atoms with Crippen molar-refractivity contribution in [3.63, 3.8) is 0 Å². The molecule has 6 nitrogen and oxygen atoms in total. The standard InChI is InChI=1S/C18H20ClFN2O4/c1-8-15(10(3)23)9(2)21-16(8)18(25)26-11(4)17(24)22-14-6-5-12(20)7-13(14)19/h5-7,10-11,21,23H,1-4H3,(H,22,24)/t10-,11-/m1/s1. The Labute approximate surface area is 155 Å². The monoisotopic (exact) mass is 382 g/mol. The first-order valence-electron chi connectivity index (χ1n) is 7.95. The van der Waals surface area contributed by atoms with Crippen LogP contribution < -0.4 is 5.32 Å². The van der Waals surface area contributed by atoms with E-state index < -0.39 is 29.9 Å². The highest BCUT2D eigenvalue weighted by atomic mass is 35.5. The third-order valence-electron chi connectivity index (χ3n) is 3.96. The molecule has 0 unspecified atom stereocenters. The maximum Gasteiger partial charge on any atom is 0.355 e. The fourth-order valence-corrected chi connectivity index (χ4v) is 2.91. The lowest BCUT2D eigenvalue weighted by Crippen LogP contribution is -2.30. The number of H-pyrrole nitrogens is 1. The van der Waals surface area contributed by atoms with Crippen LogP contribution in [0, 0.1) is 19.7 Å². The molecule has 0 aliphatic rings. The van der Waals surface area contributed by atoms with E-state index >= 15 is 0 Å². The number of aromatic amines is 1. The molecular formula is C18H20ClFN2O4. The number of rotatable bonds is 5. The van der Waals surface area contributed by atoms with E-state index in [0.29, 0.717) is 16.8 Å². The van der Waals surface area contributed by atoms with E-state index in [1.807, 2.05) is 0 Å². The Bertz CT molecular complexity index is 848. The Morgan fingerprint density at radius 1 is 1.31 bits per heavy atom. The summed E-state index contributed by atoms with van der Waals surface area (Å²) in [5.41, 5.74) is 2.23. The van der Waals surface area contributed by atoms with Crippen molar-refractivity contribution >= 4 is 29.2 Å². The second-order valence-electron chi connectivity index (χ2n) is 6.00. The Morgan fingerprint density at radius 3 is 2.50 bits per heavy atom. The van der Waals surface area contributed by atoms with Gasteiger partial charge in [0, 0.05) is 11.3 Å². The molecule has 0 bridgehead atoms. The molecule has 1 aromatic carbocycles. The first-order chi connectivity index (χ1) is 12.1. The van der Waals surface area contributed by atoms with E-state index in [0.717, 1.165) is 12.1 Å². The minimum Gasteiger partial charge on any atom is -0.448 e. The van der Waals surface area contributed by atoms with Crippen molar-refractivity contribution in [2.75, 3.05) is 5.32 Å². The zero-order valence-corrected chi connectivity index (χ0v) is 15.6. The number of anilines is 1. The van der Waals surface area contributed by atoms with Gasteiger partial charge in [0.05, 0.1) is 16.8 Å². The number of amides is 1. The average molecular weight is 383 g/mol. The molecule has 0 spiro atoms. The van der Waals surface area contributed by atoms with Gasteiger partial charge in [-0.2, -0.15) is 0 Å². The summed E-state index contributed by atoms with van der Waals surface area (Å²) in [6, 6.07) is 3.54. The van der Waals surface area contributed by atoms with Gasteiger partial charge in [0.2, 0.25) is 0 Å². The number of aliphatic hydroxyl groups excluding tert-OH is 1. The molecule has 2 atom stereocenters. The minimum atomic E-state index is -1.11. The van der Waals surface area contributed by atoms with Crippen molar-refractivity contribution in [3.8, 4) is 0 Å². The fraction of sp³-hybridized carbons (Fsp3) is 0.333. The van der Waals surface area contributed by atoms with Gasteiger partial charge in [-0.15, -0.1) is 0 Å². The minimum absolute atomic E-state index is 0.0364. The number of carbonyl (C=O) groups is 2. The molecule has 2 rings (SSSR count). The maximum absolute atomic E-state index is 13.0. The number of esters is 1. The maximum atomic E-state index is 13.0. The summed E-state index contributed by atoms with van der Waals surface area (Å²) in [7, 11) is 0. The predicted molar refractivity (Wildman–Crippen MR) is 95.8 cm³/mol. The summed E-state index contributed by atoms with van der Waals surface area (Å²) in [6.07, 6.45) is -1.85. The van der Waals surface area contributed by atoms with E-state index in [-0.39, 0.29) is 16.4 Å². The molecule has 0 fully saturated rings. The van der Waals surface area contributed by atoms with Gasteiger partial charge in [-0.05, 0) is 51.5 Å². The van der Waals surface area contributed by atoms with Crippen LogP contribution in [-0.4, -0.2) is 28.1 Å². The number of aromatic nitrogens is 1. The molecule has 1 aromatic heterocycles. The van der Waals surface area contributed by atoms with Crippen LogP contribution in [0.2, 0.25) is 5.02 Å². The molecule has 1 amide bonds. The highest BCUT2D eigenvalue weighted by Gasteiger charge is 2.25.